The van der Waals surface area contributed by atoms with E-state index in [1.807, 2.05) is 14.1 Å². The van der Waals surface area contributed by atoms with Crippen LogP contribution in [0.4, 0.5) is 5.82 Å². The van der Waals surface area contributed by atoms with E-state index >= 15 is 0 Å². The van der Waals surface area contributed by atoms with Crippen molar-refractivity contribution >= 4 is 34.1 Å². The molecule has 0 saturated heterocycles. The maximum atomic E-state index is 11.3. The van der Waals surface area contributed by atoms with Crippen molar-refractivity contribution < 1.29 is 9.53 Å². The van der Waals surface area contributed by atoms with E-state index in [1.165, 1.54) is 7.11 Å². The lowest BCUT2D eigenvalue weighted by Gasteiger charge is -2.04. The number of carbonyl (C=O) groups is 1. The molecule has 0 aliphatic heterocycles. The fourth-order valence-corrected chi connectivity index (χ4v) is 1.23. The highest BCUT2D eigenvalue weighted by molar-refractivity contribution is 9.10. The number of aliphatic imine (C=N–C) groups is 1. The lowest BCUT2D eigenvalue weighted by atomic mass is 10.3. The molecule has 0 unspecified atom stereocenters. The van der Waals surface area contributed by atoms with Crippen LogP contribution in [0.5, 0.6) is 0 Å². The summed E-state index contributed by atoms with van der Waals surface area (Å²) < 4.78 is 5.30. The maximum Gasteiger partial charge on any atom is 0.356 e. The highest BCUT2D eigenvalue weighted by Gasteiger charge is 2.09. The van der Waals surface area contributed by atoms with Crippen LogP contribution in [0.15, 0.2) is 21.6 Å². The van der Waals surface area contributed by atoms with E-state index in [2.05, 4.69) is 30.6 Å². The average molecular weight is 286 g/mol. The van der Waals surface area contributed by atoms with Gasteiger partial charge in [0, 0.05) is 14.1 Å². The highest BCUT2D eigenvalue weighted by Crippen LogP contribution is 2.22. The minimum Gasteiger partial charge on any atom is -0.464 e. The molecule has 0 atom stereocenters. The third-order valence-electron chi connectivity index (χ3n) is 1.63. The number of ether oxygens (including phenoxy) is 1. The maximum absolute atomic E-state index is 11.3. The van der Waals surface area contributed by atoms with E-state index in [1.54, 1.807) is 23.4 Å². The first-order valence-corrected chi connectivity index (χ1v) is 5.29. The Morgan fingerprint density at radius 3 is 2.81 bits per heavy atom. The van der Waals surface area contributed by atoms with E-state index in [4.69, 9.17) is 0 Å². The lowest BCUT2D eigenvalue weighted by Crippen LogP contribution is -2.08. The molecule has 16 heavy (non-hydrogen) atoms. The van der Waals surface area contributed by atoms with E-state index in [9.17, 15) is 4.79 Å². The fraction of sp³-hybridized carbons (Fsp3) is 0.300. The molecule has 0 saturated carbocycles. The molecule has 0 bridgehead atoms. The van der Waals surface area contributed by atoms with Gasteiger partial charge in [0.15, 0.2) is 11.5 Å². The molecule has 0 spiro atoms. The molecular weight excluding hydrogens is 274 g/mol. The quantitative estimate of drug-likeness (QED) is 0.483. The van der Waals surface area contributed by atoms with Crippen LogP contribution < -0.4 is 0 Å². The van der Waals surface area contributed by atoms with Crippen LogP contribution in [0.2, 0.25) is 0 Å². The van der Waals surface area contributed by atoms with Crippen LogP contribution in [0, 0.1) is 0 Å². The second kappa shape index (κ2) is 5.60. The van der Waals surface area contributed by atoms with Crippen molar-refractivity contribution in [3.05, 3.63) is 22.3 Å². The summed E-state index contributed by atoms with van der Waals surface area (Å²) in [6.45, 7) is 0. The number of pyridine rings is 1. The summed E-state index contributed by atoms with van der Waals surface area (Å²) in [6.07, 6.45) is 1.61. The second-order valence-corrected chi connectivity index (χ2v) is 4.06. The van der Waals surface area contributed by atoms with Crippen molar-refractivity contribution in [3.8, 4) is 0 Å². The first-order valence-electron chi connectivity index (χ1n) is 4.50. The highest BCUT2D eigenvalue weighted by atomic mass is 79.9. The Morgan fingerprint density at radius 1 is 1.56 bits per heavy atom. The molecule has 1 aromatic rings. The van der Waals surface area contributed by atoms with Gasteiger partial charge in [0.2, 0.25) is 0 Å². The van der Waals surface area contributed by atoms with E-state index in [0.29, 0.717) is 5.82 Å². The second-order valence-electron chi connectivity index (χ2n) is 3.20. The molecule has 0 amide bonds. The largest absolute Gasteiger partial charge is 0.464 e. The number of halogens is 1. The van der Waals surface area contributed by atoms with Crippen LogP contribution in [0.1, 0.15) is 10.5 Å². The van der Waals surface area contributed by atoms with Crippen LogP contribution >= 0.6 is 15.9 Å². The molecular formula is C10H12BrN3O2. The Balaban J connectivity index is 3.04. The van der Waals surface area contributed by atoms with Crippen molar-refractivity contribution in [2.75, 3.05) is 21.2 Å². The summed E-state index contributed by atoms with van der Waals surface area (Å²) in [5.74, 6) is -0.0367. The van der Waals surface area contributed by atoms with Gasteiger partial charge in [-0.2, -0.15) is 0 Å². The van der Waals surface area contributed by atoms with Crippen LogP contribution in [-0.2, 0) is 4.74 Å². The molecule has 6 heteroatoms. The molecule has 5 nitrogen and oxygen atoms in total. The van der Waals surface area contributed by atoms with Gasteiger partial charge in [0.1, 0.15) is 0 Å². The minimum atomic E-state index is -0.478. The predicted octanol–water partition coefficient (Wildman–Crippen LogP) is 1.85. The third kappa shape index (κ3) is 3.30. The van der Waals surface area contributed by atoms with Crippen molar-refractivity contribution in [2.24, 2.45) is 4.99 Å². The Hall–Kier alpha value is -1.43. The molecule has 1 aromatic heterocycles. The number of esters is 1. The molecule has 0 fully saturated rings. The minimum absolute atomic E-state index is 0.233. The lowest BCUT2D eigenvalue weighted by molar-refractivity contribution is 0.0594. The number of hydrogen-bond donors (Lipinski definition) is 0. The van der Waals surface area contributed by atoms with Gasteiger partial charge >= 0.3 is 5.97 Å². The van der Waals surface area contributed by atoms with Gasteiger partial charge in [-0.3, -0.25) is 0 Å². The topological polar surface area (TPSA) is 54.8 Å². The van der Waals surface area contributed by atoms with Crippen LogP contribution in [0.3, 0.4) is 0 Å². The van der Waals surface area contributed by atoms with Gasteiger partial charge in [-0.15, -0.1) is 0 Å². The standard InChI is InChI=1S/C10H12BrN3O2/c1-14(2)6-12-9-7(11)4-5-8(13-9)10(15)16-3/h4-6H,1-3H3/b12-6+. The number of hydrogen-bond acceptors (Lipinski definition) is 4. The fourth-order valence-electron chi connectivity index (χ4n) is 0.910. The average Bonchev–Trinajstić information content (AvgIpc) is 2.26. The summed E-state index contributed by atoms with van der Waals surface area (Å²) >= 11 is 3.30. The zero-order valence-corrected chi connectivity index (χ0v) is 10.9. The van der Waals surface area contributed by atoms with Gasteiger partial charge in [-0.05, 0) is 28.1 Å². The Bertz CT molecular complexity index is 419. The molecule has 0 aromatic carbocycles. The summed E-state index contributed by atoms with van der Waals surface area (Å²) in [6, 6.07) is 3.28. The monoisotopic (exact) mass is 285 g/mol. The molecule has 0 N–H and O–H groups in total. The molecule has 0 radical (unpaired) electrons. The molecule has 86 valence electrons. The van der Waals surface area contributed by atoms with Crippen molar-refractivity contribution in [1.29, 1.82) is 0 Å². The molecule has 1 rings (SSSR count). The van der Waals surface area contributed by atoms with E-state index in [0.717, 1.165) is 4.47 Å². The summed E-state index contributed by atoms with van der Waals surface area (Å²) in [5.41, 5.74) is 0.233. The van der Waals surface area contributed by atoms with Crippen molar-refractivity contribution in [3.63, 3.8) is 0 Å². The predicted molar refractivity (Wildman–Crippen MR) is 65.1 cm³/mol. The van der Waals surface area contributed by atoms with Gasteiger partial charge in [0.25, 0.3) is 0 Å². The first-order chi connectivity index (χ1) is 7.54. The van der Waals surface area contributed by atoms with Gasteiger partial charge in [-0.1, -0.05) is 0 Å². The molecule has 1 heterocycles. The first kappa shape index (κ1) is 12.6. The third-order valence-corrected chi connectivity index (χ3v) is 2.25. The molecule has 0 aliphatic carbocycles. The Morgan fingerprint density at radius 2 is 2.25 bits per heavy atom. The summed E-state index contributed by atoms with van der Waals surface area (Å²) in [5, 5.41) is 0. The van der Waals surface area contributed by atoms with Crippen LogP contribution in [0.25, 0.3) is 0 Å². The SMILES string of the molecule is COC(=O)c1ccc(Br)c(/N=C/N(C)C)n1. The molecule has 0 aliphatic rings. The Labute approximate surface area is 102 Å². The summed E-state index contributed by atoms with van der Waals surface area (Å²) in [4.78, 5) is 21.2. The number of methoxy groups -OCH3 is 1. The van der Waals surface area contributed by atoms with E-state index in [-0.39, 0.29) is 5.69 Å². The zero-order chi connectivity index (χ0) is 12.1. The number of rotatable bonds is 3. The van der Waals surface area contributed by atoms with Gasteiger partial charge in [0.05, 0.1) is 17.9 Å². The van der Waals surface area contributed by atoms with E-state index < -0.39 is 5.97 Å². The summed E-state index contributed by atoms with van der Waals surface area (Å²) in [7, 11) is 5.01. The zero-order valence-electron chi connectivity index (χ0n) is 9.27. The van der Waals surface area contributed by atoms with Gasteiger partial charge < -0.3 is 9.64 Å². The normalized spacial score (nSPS) is 10.5. The smallest absolute Gasteiger partial charge is 0.356 e. The number of aromatic nitrogens is 1. The van der Waals surface area contributed by atoms with Crippen LogP contribution in [-0.4, -0.2) is 43.4 Å². The van der Waals surface area contributed by atoms with Gasteiger partial charge in [-0.25, -0.2) is 14.8 Å². The van der Waals surface area contributed by atoms with Crippen molar-refractivity contribution in [1.82, 2.24) is 9.88 Å². The number of carbonyl (C=O) groups excluding carboxylic acids is 1. The Kier molecular flexibility index (Phi) is 4.42. The number of nitrogens with zero attached hydrogens (tertiary/aromatic N) is 3. The van der Waals surface area contributed by atoms with Crippen molar-refractivity contribution in [2.45, 2.75) is 0 Å².